The summed E-state index contributed by atoms with van der Waals surface area (Å²) in [6, 6.07) is 11.2. The number of aryl methyl sites for hydroxylation is 1. The minimum absolute atomic E-state index is 0.0615. The number of aromatic nitrogens is 2. The van der Waals surface area contributed by atoms with Crippen LogP contribution in [-0.4, -0.2) is 151 Å². The third-order valence-corrected chi connectivity index (χ3v) is 18.9. The maximum Gasteiger partial charge on any atom is 0.254 e. The molecule has 0 unspecified atom stereocenters. The Kier molecular flexibility index (Phi) is 15.4. The van der Waals surface area contributed by atoms with Crippen molar-refractivity contribution in [2.45, 2.75) is 121 Å². The number of carbonyl (C=O) groups is 4. The number of pyridine rings is 1. The van der Waals surface area contributed by atoms with Gasteiger partial charge in [0.05, 0.1) is 41.1 Å². The van der Waals surface area contributed by atoms with Crippen LogP contribution in [0.5, 0.6) is 11.5 Å². The minimum Gasteiger partial charge on any atom is -0.496 e. The molecule has 2 N–H and O–H groups in total. The van der Waals surface area contributed by atoms with Crippen molar-refractivity contribution in [3.8, 4) is 22.2 Å². The maximum atomic E-state index is 15.4. The summed E-state index contributed by atoms with van der Waals surface area (Å²) in [5.74, 6) is -0.268. The normalized spacial score (nSPS) is 25.2. The van der Waals surface area contributed by atoms with Crippen LogP contribution in [0.1, 0.15) is 113 Å². The molecule has 3 aliphatic heterocycles. The molecule has 4 aromatic rings. The van der Waals surface area contributed by atoms with E-state index in [0.29, 0.717) is 72.7 Å². The first-order valence-electron chi connectivity index (χ1n) is 26.1. The number of fused-ring (bicyclic) bond motifs is 3. The summed E-state index contributed by atoms with van der Waals surface area (Å²) in [7, 11) is 1.76. The van der Waals surface area contributed by atoms with Gasteiger partial charge in [0.15, 0.2) is 5.78 Å². The smallest absolute Gasteiger partial charge is 0.254 e. The molecule has 0 radical (unpaired) electrons. The Labute approximate surface area is 434 Å². The highest BCUT2D eigenvalue weighted by atomic mass is 32.2. The average Bonchev–Trinajstić information content (AvgIpc) is 4.14. The van der Waals surface area contributed by atoms with E-state index < -0.39 is 44.3 Å². The lowest BCUT2D eigenvalue weighted by atomic mass is 9.91. The number of ether oxygens (including phenoxy) is 2. The molecule has 9 rings (SSSR count). The Morgan fingerprint density at radius 2 is 1.78 bits per heavy atom. The predicted molar refractivity (Wildman–Crippen MR) is 285 cm³/mol. The monoisotopic (exact) mass is 1040 g/mol. The van der Waals surface area contributed by atoms with Crippen molar-refractivity contribution in [1.82, 2.24) is 34.3 Å². The number of anilines is 1. The predicted octanol–water partition coefficient (Wildman–Crippen LogP) is 7.43. The number of likely N-dealkylation sites (N-methyl/N-ethyl adjacent to an activating group) is 1. The summed E-state index contributed by atoms with van der Waals surface area (Å²) in [4.78, 5) is 76.8. The fourth-order valence-corrected chi connectivity index (χ4v) is 12.9. The van der Waals surface area contributed by atoms with Crippen molar-refractivity contribution < 1.29 is 37.1 Å². The lowest BCUT2D eigenvalue weighted by Gasteiger charge is -2.35. The van der Waals surface area contributed by atoms with Crippen LogP contribution >= 0.6 is 11.3 Å². The Balaban J connectivity index is 1.03. The molecular formula is C55H72N8O8S2. The van der Waals surface area contributed by atoms with Gasteiger partial charge in [0, 0.05) is 85.8 Å². The third-order valence-electron chi connectivity index (χ3n) is 15.8. The molecule has 2 saturated carbocycles. The molecule has 5 heterocycles. The van der Waals surface area contributed by atoms with Gasteiger partial charge in [0.1, 0.15) is 34.3 Å². The zero-order valence-electron chi connectivity index (χ0n) is 43.4. The summed E-state index contributed by atoms with van der Waals surface area (Å²) in [5, 5.41) is 7.02. The molecule has 2 aromatic heterocycles. The molecule has 4 fully saturated rings. The highest BCUT2D eigenvalue weighted by Crippen LogP contribution is 2.58. The quantitative estimate of drug-likeness (QED) is 0.119. The minimum atomic E-state index is -3.98. The number of hydrogen-bond donors (Lipinski definition) is 2. The van der Waals surface area contributed by atoms with E-state index in [9.17, 15) is 18.0 Å². The van der Waals surface area contributed by atoms with Crippen molar-refractivity contribution in [3.05, 3.63) is 76.8 Å². The van der Waals surface area contributed by atoms with E-state index in [-0.39, 0.29) is 48.8 Å². The Morgan fingerprint density at radius 3 is 2.49 bits per heavy atom. The Morgan fingerprint density at radius 1 is 1.00 bits per heavy atom. The van der Waals surface area contributed by atoms with E-state index in [2.05, 4.69) is 47.8 Å². The van der Waals surface area contributed by atoms with E-state index in [1.807, 2.05) is 71.8 Å². The fraction of sp³-hybridized carbons (Fsp3) is 0.564. The highest BCUT2D eigenvalue weighted by Gasteiger charge is 2.62. The van der Waals surface area contributed by atoms with Crippen molar-refractivity contribution in [2.75, 3.05) is 72.3 Å². The van der Waals surface area contributed by atoms with E-state index in [0.717, 1.165) is 73.5 Å². The maximum absolute atomic E-state index is 15.4. The number of nitrogens with one attached hydrogen (secondary N) is 2. The molecule has 0 spiro atoms. The van der Waals surface area contributed by atoms with Gasteiger partial charge in [-0.15, -0.1) is 11.3 Å². The summed E-state index contributed by atoms with van der Waals surface area (Å²) in [6.45, 7) is 12.6. The fourth-order valence-electron chi connectivity index (χ4n) is 10.6. The molecule has 392 valence electrons. The van der Waals surface area contributed by atoms with Crippen LogP contribution in [-0.2, 0) is 24.4 Å². The zero-order valence-corrected chi connectivity index (χ0v) is 45.1. The molecule has 0 bridgehead atoms. The van der Waals surface area contributed by atoms with E-state index in [1.54, 1.807) is 18.9 Å². The second kappa shape index (κ2) is 21.4. The van der Waals surface area contributed by atoms with Crippen molar-refractivity contribution in [1.29, 1.82) is 0 Å². The van der Waals surface area contributed by atoms with Crippen molar-refractivity contribution >= 4 is 61.5 Å². The topological polar surface area (TPSA) is 184 Å². The molecule has 5 aliphatic rings. The average molecular weight is 1040 g/mol. The molecule has 2 aliphatic carbocycles. The summed E-state index contributed by atoms with van der Waals surface area (Å²) >= 11 is 1.50. The number of rotatable bonds is 14. The summed E-state index contributed by atoms with van der Waals surface area (Å²) in [5.41, 5.74) is 2.95. The molecule has 2 saturated heterocycles. The number of thiazole rings is 1. The first kappa shape index (κ1) is 52.4. The van der Waals surface area contributed by atoms with Crippen LogP contribution in [0.3, 0.4) is 0 Å². The lowest BCUT2D eigenvalue weighted by molar-refractivity contribution is -0.139. The molecule has 73 heavy (non-hydrogen) atoms. The van der Waals surface area contributed by atoms with Gasteiger partial charge in [-0.3, -0.25) is 28.8 Å². The second-order valence-electron chi connectivity index (χ2n) is 21.8. The van der Waals surface area contributed by atoms with Crippen LogP contribution < -0.4 is 19.5 Å². The summed E-state index contributed by atoms with van der Waals surface area (Å²) < 4.78 is 41.0. The molecule has 18 heteroatoms. The number of methoxy groups -OCH3 is 1. The number of piperazine rings is 1. The van der Waals surface area contributed by atoms with Gasteiger partial charge in [-0.1, -0.05) is 44.9 Å². The lowest BCUT2D eigenvalue weighted by Crippen LogP contribution is -2.50. The SMILES string of the molecule is COc1ccc2c(O[C@@H]3C[C@H]4C(=O)C[C@]5(C(=O)NS(=O)(=O)C6(C)CC6)C[C@H]5/C=C\CCCCC[C@H](Nc5cccc(C(=O)N6CCN(CCN(C)C)CC6)c5)C(=O)N4C3)cc(-c3nc(C(C)C)cs3)nc2c1C. The summed E-state index contributed by atoms with van der Waals surface area (Å²) in [6.07, 6.45) is 8.10. The Hall–Kier alpha value is -5.43. The van der Waals surface area contributed by atoms with Crippen LogP contribution in [0.25, 0.3) is 21.6 Å². The van der Waals surface area contributed by atoms with Crippen molar-refractivity contribution in [3.63, 3.8) is 0 Å². The van der Waals surface area contributed by atoms with Gasteiger partial charge in [0.2, 0.25) is 21.8 Å². The molecular weight excluding hydrogens is 965 g/mol. The second-order valence-corrected chi connectivity index (χ2v) is 24.8. The largest absolute Gasteiger partial charge is 0.496 e. The zero-order chi connectivity index (χ0) is 51.8. The number of benzene rings is 2. The number of hydrogen-bond acceptors (Lipinski definition) is 14. The van der Waals surface area contributed by atoms with Crippen LogP contribution in [0.4, 0.5) is 5.69 Å². The van der Waals surface area contributed by atoms with Crippen LogP contribution in [0.2, 0.25) is 0 Å². The number of sulfonamides is 1. The van der Waals surface area contributed by atoms with Gasteiger partial charge in [-0.2, -0.15) is 0 Å². The number of amides is 3. The van der Waals surface area contributed by atoms with E-state index in [4.69, 9.17) is 19.4 Å². The van der Waals surface area contributed by atoms with Gasteiger partial charge >= 0.3 is 0 Å². The van der Waals surface area contributed by atoms with Gasteiger partial charge < -0.3 is 29.5 Å². The first-order valence-corrected chi connectivity index (χ1v) is 28.5. The number of carbonyl (C=O) groups excluding carboxylic acids is 4. The van der Waals surface area contributed by atoms with E-state index >= 15 is 9.59 Å². The third kappa shape index (κ3) is 11.3. The van der Waals surface area contributed by atoms with Gasteiger partial charge in [-0.25, -0.2) is 18.4 Å². The Bertz CT molecular complexity index is 2870. The molecule has 2 aromatic carbocycles. The number of nitrogens with zero attached hydrogens (tertiary/aromatic N) is 6. The van der Waals surface area contributed by atoms with Crippen LogP contribution in [0.15, 0.2) is 60.0 Å². The van der Waals surface area contributed by atoms with E-state index in [1.165, 1.54) is 11.3 Å². The van der Waals surface area contributed by atoms with Crippen LogP contribution in [0, 0.1) is 18.3 Å². The number of ketones is 1. The highest BCUT2D eigenvalue weighted by molar-refractivity contribution is 7.91. The first-order chi connectivity index (χ1) is 34.9. The molecule has 16 nitrogen and oxygen atoms in total. The van der Waals surface area contributed by atoms with Gasteiger partial charge in [0.25, 0.3) is 5.91 Å². The molecule has 3 amide bonds. The standard InChI is InChI=1S/C55H72N8O8S2/c1-35(2)44-34-72-50(58-44)43-30-48(41-18-19-47(70-7)36(3)49(41)57-43)71-40-29-45-46(64)32-55(53(67)59-73(68,69)54(4)20-21-54)31-38(55)15-11-9-8-10-12-17-42(52(66)63(45)33-40)56-39-16-13-14-37(28-39)51(65)62-26-24-61(25-27-62)23-22-60(5)6/h11,13-16,18-19,28,30,34-35,38,40,42,45,56H,8-10,12,17,20-27,29,31-33H2,1-7H3,(H,59,67)/b15-11-/t38-,40-,42+,45+,55-/m1/s1. The number of Topliss-reactive ketones (excluding diaryl/α,β-unsaturated/α-hetero) is 1. The number of allylic oxidation sites excluding steroid dienone is 2. The van der Waals surface area contributed by atoms with Crippen molar-refractivity contribution in [2.24, 2.45) is 11.3 Å². The van der Waals surface area contributed by atoms with Gasteiger partial charge in [-0.05, 0) is 109 Å². The molecule has 5 atom stereocenters.